The summed E-state index contributed by atoms with van der Waals surface area (Å²) in [7, 11) is 2.50. The molecule has 3 atom stereocenters. The quantitative estimate of drug-likeness (QED) is 0.757. The molecule has 0 amide bonds. The maximum atomic E-state index is 12.7. The maximum Gasteiger partial charge on any atom is 0.336 e. The van der Waals surface area contributed by atoms with Crippen LogP contribution in [0.15, 0.2) is 40.9 Å². The summed E-state index contributed by atoms with van der Waals surface area (Å²) < 4.78 is 10.3. The fourth-order valence-electron chi connectivity index (χ4n) is 3.00. The van der Waals surface area contributed by atoms with Gasteiger partial charge in [-0.1, -0.05) is 34.1 Å². The second-order valence-corrected chi connectivity index (χ2v) is 6.78. The number of halogens is 1. The van der Waals surface area contributed by atoms with Gasteiger partial charge in [0.25, 0.3) is 0 Å². The summed E-state index contributed by atoms with van der Waals surface area (Å²) in [6.45, 7) is 1.57. The van der Waals surface area contributed by atoms with Crippen LogP contribution >= 0.6 is 15.9 Å². The standard InChI is InChI=1S/C17H20BrNO5/c1-16(14(21)23-2)10-13(20)12(18)9-17(16,15(22)24-3)19-11-7-5-4-6-8-11/h4-9,13,19-20H,10H2,1-3H3/t13-,16-,17-/m0/s1. The van der Waals surface area contributed by atoms with Gasteiger partial charge in [-0.3, -0.25) is 4.79 Å². The Bertz CT molecular complexity index is 662. The highest BCUT2D eigenvalue weighted by atomic mass is 79.9. The van der Waals surface area contributed by atoms with Crippen molar-refractivity contribution >= 4 is 33.6 Å². The summed E-state index contributed by atoms with van der Waals surface area (Å²) in [6, 6.07) is 8.99. The van der Waals surface area contributed by atoms with Gasteiger partial charge >= 0.3 is 11.9 Å². The lowest BCUT2D eigenvalue weighted by Gasteiger charge is -2.47. The molecule has 1 aliphatic carbocycles. The Hall–Kier alpha value is -1.86. The number of hydrogen-bond acceptors (Lipinski definition) is 6. The van der Waals surface area contributed by atoms with Gasteiger partial charge in [0, 0.05) is 10.2 Å². The predicted molar refractivity (Wildman–Crippen MR) is 92.6 cm³/mol. The minimum absolute atomic E-state index is 0.00824. The van der Waals surface area contributed by atoms with Crippen LogP contribution in [0.1, 0.15) is 13.3 Å². The topological polar surface area (TPSA) is 84.9 Å². The van der Waals surface area contributed by atoms with E-state index in [9.17, 15) is 14.7 Å². The first-order valence-electron chi connectivity index (χ1n) is 7.37. The zero-order chi connectivity index (χ0) is 18.0. The number of anilines is 1. The largest absolute Gasteiger partial charge is 0.469 e. The van der Waals surface area contributed by atoms with Crippen LogP contribution in [-0.4, -0.2) is 42.9 Å². The van der Waals surface area contributed by atoms with E-state index >= 15 is 0 Å². The minimum Gasteiger partial charge on any atom is -0.469 e. The number of aliphatic hydroxyl groups excluding tert-OH is 1. The van der Waals surface area contributed by atoms with Gasteiger partial charge in [-0.15, -0.1) is 0 Å². The van der Waals surface area contributed by atoms with Crippen molar-refractivity contribution in [3.8, 4) is 0 Å². The number of esters is 2. The molecule has 0 saturated carbocycles. The van der Waals surface area contributed by atoms with Crippen molar-refractivity contribution in [1.82, 2.24) is 0 Å². The average molecular weight is 398 g/mol. The van der Waals surface area contributed by atoms with Crippen LogP contribution in [0.4, 0.5) is 5.69 Å². The van der Waals surface area contributed by atoms with E-state index in [-0.39, 0.29) is 6.42 Å². The number of para-hydroxylation sites is 1. The smallest absolute Gasteiger partial charge is 0.336 e. The molecule has 2 N–H and O–H groups in total. The molecule has 0 aromatic heterocycles. The Morgan fingerprint density at radius 3 is 2.33 bits per heavy atom. The van der Waals surface area contributed by atoms with Crippen LogP contribution in [0, 0.1) is 5.41 Å². The van der Waals surface area contributed by atoms with Crippen molar-refractivity contribution in [2.24, 2.45) is 5.41 Å². The first-order valence-corrected chi connectivity index (χ1v) is 8.16. The molecule has 2 rings (SSSR count). The molecule has 7 heteroatoms. The van der Waals surface area contributed by atoms with Crippen molar-refractivity contribution in [3.63, 3.8) is 0 Å². The molecule has 130 valence electrons. The first kappa shape index (κ1) is 18.5. The summed E-state index contributed by atoms with van der Waals surface area (Å²) in [4.78, 5) is 25.3. The van der Waals surface area contributed by atoms with E-state index in [1.165, 1.54) is 20.3 Å². The van der Waals surface area contributed by atoms with Gasteiger partial charge in [0.2, 0.25) is 0 Å². The third-order valence-corrected chi connectivity index (χ3v) is 5.16. The van der Waals surface area contributed by atoms with E-state index in [1.54, 1.807) is 31.2 Å². The second-order valence-electron chi connectivity index (χ2n) is 5.86. The number of aliphatic hydroxyl groups is 1. The number of nitrogens with one attached hydrogen (secondary N) is 1. The van der Waals surface area contributed by atoms with Gasteiger partial charge in [0.05, 0.1) is 20.3 Å². The van der Waals surface area contributed by atoms with E-state index < -0.39 is 29.0 Å². The van der Waals surface area contributed by atoms with Crippen LogP contribution in [0.25, 0.3) is 0 Å². The van der Waals surface area contributed by atoms with E-state index in [4.69, 9.17) is 9.47 Å². The Labute approximate surface area is 149 Å². The number of carbonyl (C=O) groups is 2. The van der Waals surface area contributed by atoms with Gasteiger partial charge < -0.3 is 19.9 Å². The van der Waals surface area contributed by atoms with Crippen LogP contribution < -0.4 is 5.32 Å². The molecule has 6 nitrogen and oxygen atoms in total. The number of carbonyl (C=O) groups excluding carboxylic acids is 2. The van der Waals surface area contributed by atoms with Crippen LogP contribution in [0.2, 0.25) is 0 Å². The predicted octanol–water partition coefficient (Wildman–Crippen LogP) is 2.23. The zero-order valence-corrected chi connectivity index (χ0v) is 15.3. The van der Waals surface area contributed by atoms with Gasteiger partial charge in [-0.2, -0.15) is 0 Å². The van der Waals surface area contributed by atoms with Crippen molar-refractivity contribution in [2.45, 2.75) is 25.0 Å². The highest BCUT2D eigenvalue weighted by Gasteiger charge is 2.62. The lowest BCUT2D eigenvalue weighted by atomic mass is 9.64. The normalized spacial score (nSPS) is 29.4. The Morgan fingerprint density at radius 2 is 1.79 bits per heavy atom. The summed E-state index contributed by atoms with van der Waals surface area (Å²) in [5.74, 6) is -1.27. The highest BCUT2D eigenvalue weighted by Crippen LogP contribution is 2.47. The number of rotatable bonds is 4. The molecule has 0 saturated heterocycles. The van der Waals surface area contributed by atoms with Crippen LogP contribution in [0.5, 0.6) is 0 Å². The van der Waals surface area contributed by atoms with Crippen molar-refractivity contribution in [1.29, 1.82) is 0 Å². The van der Waals surface area contributed by atoms with Crippen molar-refractivity contribution in [2.75, 3.05) is 19.5 Å². The molecule has 0 spiro atoms. The van der Waals surface area contributed by atoms with Crippen LogP contribution in [-0.2, 0) is 19.1 Å². The van der Waals surface area contributed by atoms with Gasteiger partial charge in [-0.05, 0) is 31.6 Å². The Morgan fingerprint density at radius 1 is 1.21 bits per heavy atom. The monoisotopic (exact) mass is 397 g/mol. The molecule has 0 aliphatic heterocycles. The Kier molecular flexibility index (Phi) is 5.35. The number of benzene rings is 1. The summed E-state index contributed by atoms with van der Waals surface area (Å²) in [5.41, 5.74) is -2.28. The molecule has 24 heavy (non-hydrogen) atoms. The Balaban J connectivity index is 2.67. The molecular weight excluding hydrogens is 378 g/mol. The van der Waals surface area contributed by atoms with E-state index in [0.29, 0.717) is 10.2 Å². The van der Waals surface area contributed by atoms with Crippen molar-refractivity contribution in [3.05, 3.63) is 40.9 Å². The molecule has 1 aromatic carbocycles. The summed E-state index contributed by atoms with van der Waals surface area (Å²) >= 11 is 3.27. The molecule has 0 unspecified atom stereocenters. The third-order valence-electron chi connectivity index (χ3n) is 4.40. The second kappa shape index (κ2) is 6.94. The molecular formula is C17H20BrNO5. The molecule has 1 aliphatic rings. The first-order chi connectivity index (χ1) is 11.3. The molecule has 1 aromatic rings. The average Bonchev–Trinajstić information content (AvgIpc) is 2.58. The van der Waals surface area contributed by atoms with Crippen molar-refractivity contribution < 1.29 is 24.2 Å². The van der Waals surface area contributed by atoms with Gasteiger partial charge in [-0.25, -0.2) is 4.79 Å². The maximum absolute atomic E-state index is 12.7. The van der Waals surface area contributed by atoms with Gasteiger partial charge in [0.15, 0.2) is 5.54 Å². The lowest BCUT2D eigenvalue weighted by Crippen LogP contribution is -2.64. The van der Waals surface area contributed by atoms with E-state index in [2.05, 4.69) is 21.2 Å². The van der Waals surface area contributed by atoms with Crippen LogP contribution in [0.3, 0.4) is 0 Å². The molecule has 0 fully saturated rings. The lowest BCUT2D eigenvalue weighted by molar-refractivity contribution is -0.166. The highest BCUT2D eigenvalue weighted by molar-refractivity contribution is 9.11. The third kappa shape index (κ3) is 2.93. The van der Waals surface area contributed by atoms with Gasteiger partial charge in [0.1, 0.15) is 5.41 Å². The number of methoxy groups -OCH3 is 2. The molecule has 0 heterocycles. The number of ether oxygens (including phenoxy) is 2. The summed E-state index contributed by atoms with van der Waals surface area (Å²) in [5, 5.41) is 13.3. The zero-order valence-electron chi connectivity index (χ0n) is 13.7. The minimum atomic E-state index is -1.53. The molecule has 0 bridgehead atoms. The van der Waals surface area contributed by atoms with E-state index in [1.807, 2.05) is 6.07 Å². The SMILES string of the molecule is COC(=O)[C@]1(C)C[C@H](O)C(Br)=C[C@]1(Nc1ccccc1)C(=O)OC. The molecule has 0 radical (unpaired) electrons. The fraction of sp³-hybridized carbons (Fsp3) is 0.412. The fourth-order valence-corrected chi connectivity index (χ4v) is 3.50. The van der Waals surface area contributed by atoms with E-state index in [0.717, 1.165) is 0 Å². The summed E-state index contributed by atoms with van der Waals surface area (Å²) in [6.07, 6.45) is 0.548. The number of hydrogen-bond donors (Lipinski definition) is 2.